The van der Waals surface area contributed by atoms with Crippen LogP contribution in [0.5, 0.6) is 0 Å². The molecule has 1 heterocycles. The molecule has 8 heteroatoms. The van der Waals surface area contributed by atoms with E-state index in [1.165, 1.54) is 30.3 Å². The van der Waals surface area contributed by atoms with Crippen LogP contribution in [0.15, 0.2) is 54.6 Å². The molecule has 0 saturated carbocycles. The van der Waals surface area contributed by atoms with E-state index in [9.17, 15) is 23.1 Å². The topological polar surface area (TPSA) is 77.8 Å². The summed E-state index contributed by atoms with van der Waals surface area (Å²) >= 11 is -1.51. The van der Waals surface area contributed by atoms with Crippen LogP contribution in [0.25, 0.3) is 10.4 Å². The number of aromatic carboxylic acids is 1. The highest BCUT2D eigenvalue weighted by Crippen LogP contribution is 2.41. The molecule has 134 valence electrons. The summed E-state index contributed by atoms with van der Waals surface area (Å²) < 4.78 is 36.1. The van der Waals surface area contributed by atoms with Crippen LogP contribution in [-0.4, -0.2) is 19.8 Å². The summed E-state index contributed by atoms with van der Waals surface area (Å²) in [5, 5.41) is 9.56. The number of aryl methyl sites for hydroxylation is 1. The number of nitrogens with zero attached hydrogens (tertiary/aromatic N) is 1. The van der Waals surface area contributed by atoms with Gasteiger partial charge in [0, 0.05) is 4.88 Å². The molecule has 3 rings (SSSR count). The smallest absolute Gasteiger partial charge is 0.348 e. The number of carboxylic acids is 1. The number of para-hydroxylation sites is 1. The molecule has 1 unspecified atom stereocenters. The molecule has 0 spiro atoms. The molecule has 1 atom stereocenters. The fourth-order valence-electron chi connectivity index (χ4n) is 2.53. The monoisotopic (exact) mass is 391 g/mol. The van der Waals surface area contributed by atoms with Crippen molar-refractivity contribution in [2.75, 3.05) is 4.31 Å². The third kappa shape index (κ3) is 3.52. The van der Waals surface area contributed by atoms with Gasteiger partial charge in [0.15, 0.2) is 0 Å². The molecule has 1 aromatic heterocycles. The van der Waals surface area contributed by atoms with Gasteiger partial charge >= 0.3 is 5.97 Å². The lowest BCUT2D eigenvalue weighted by Gasteiger charge is -2.21. The van der Waals surface area contributed by atoms with E-state index in [2.05, 4.69) is 0 Å². The summed E-state index contributed by atoms with van der Waals surface area (Å²) in [7, 11) is 0. The minimum absolute atomic E-state index is 0.0741. The number of hydrogen-bond acceptors (Lipinski definition) is 3. The zero-order chi connectivity index (χ0) is 18.8. The van der Waals surface area contributed by atoms with Gasteiger partial charge in [0.1, 0.15) is 10.7 Å². The first-order chi connectivity index (χ1) is 12.4. The number of thiophene rings is 1. The summed E-state index contributed by atoms with van der Waals surface area (Å²) in [4.78, 5) is 12.2. The summed E-state index contributed by atoms with van der Waals surface area (Å²) in [5.74, 6) is -1.61. The first-order valence-corrected chi connectivity index (χ1v) is 9.36. The molecule has 2 N–H and O–H groups in total. The second-order valence-electron chi connectivity index (χ2n) is 5.45. The Hall–Kier alpha value is -2.55. The van der Waals surface area contributed by atoms with Crippen LogP contribution in [0.4, 0.5) is 15.8 Å². The second-order valence-corrected chi connectivity index (χ2v) is 7.33. The Balaban J connectivity index is 2.18. The molecule has 0 bridgehead atoms. The predicted molar refractivity (Wildman–Crippen MR) is 101 cm³/mol. The van der Waals surface area contributed by atoms with Crippen LogP contribution in [0.1, 0.15) is 15.2 Å². The van der Waals surface area contributed by atoms with Gasteiger partial charge in [0.05, 0.1) is 11.4 Å². The van der Waals surface area contributed by atoms with Gasteiger partial charge in [-0.1, -0.05) is 30.3 Å². The van der Waals surface area contributed by atoms with E-state index < -0.39 is 23.1 Å². The minimum atomic E-state index is -2.47. The van der Waals surface area contributed by atoms with E-state index in [1.807, 2.05) is 0 Å². The maximum Gasteiger partial charge on any atom is 0.348 e. The van der Waals surface area contributed by atoms with E-state index in [0.717, 1.165) is 21.2 Å². The maximum absolute atomic E-state index is 13.1. The highest BCUT2D eigenvalue weighted by Gasteiger charge is 2.26. The molecule has 0 amide bonds. The van der Waals surface area contributed by atoms with Gasteiger partial charge in [0.2, 0.25) is 0 Å². The molecule has 0 radical (unpaired) electrons. The number of hydrogen-bond donors (Lipinski definition) is 2. The Morgan fingerprint density at radius 1 is 1.12 bits per heavy atom. The van der Waals surface area contributed by atoms with Crippen molar-refractivity contribution in [1.82, 2.24) is 0 Å². The summed E-state index contributed by atoms with van der Waals surface area (Å²) in [6.07, 6.45) is 0. The van der Waals surface area contributed by atoms with Gasteiger partial charge in [-0.3, -0.25) is 4.55 Å². The van der Waals surface area contributed by atoms with E-state index in [4.69, 9.17) is 0 Å². The molecule has 26 heavy (non-hydrogen) atoms. The van der Waals surface area contributed by atoms with Gasteiger partial charge in [-0.05, 0) is 42.3 Å². The molecule has 0 aliphatic rings. The molecular weight excluding hydrogens is 377 g/mol. The average Bonchev–Trinajstić information content (AvgIpc) is 3.02. The van der Waals surface area contributed by atoms with Gasteiger partial charge in [-0.15, -0.1) is 11.3 Å². The van der Waals surface area contributed by atoms with Crippen molar-refractivity contribution >= 4 is 39.9 Å². The minimum Gasteiger partial charge on any atom is -0.477 e. The number of anilines is 2. The fourth-order valence-corrected chi connectivity index (χ4v) is 4.26. The molecule has 0 aliphatic carbocycles. The van der Waals surface area contributed by atoms with Crippen LogP contribution in [0.3, 0.4) is 0 Å². The first-order valence-electron chi connectivity index (χ1n) is 7.48. The third-order valence-corrected chi connectivity index (χ3v) is 5.61. The van der Waals surface area contributed by atoms with E-state index in [0.29, 0.717) is 16.1 Å². The van der Waals surface area contributed by atoms with Crippen LogP contribution in [-0.2, 0) is 11.3 Å². The van der Waals surface area contributed by atoms with Crippen molar-refractivity contribution in [1.29, 1.82) is 0 Å². The predicted octanol–water partition coefficient (Wildman–Crippen LogP) is 4.84. The summed E-state index contributed by atoms with van der Waals surface area (Å²) in [6, 6.07) is 14.0. The quantitative estimate of drug-likeness (QED) is 0.611. The lowest BCUT2D eigenvalue weighted by molar-refractivity contribution is 0.0703. The number of halogens is 1. The van der Waals surface area contributed by atoms with Gasteiger partial charge in [-0.2, -0.15) is 0 Å². The lowest BCUT2D eigenvalue weighted by atomic mass is 10.1. The fraction of sp³-hybridized carbons (Fsp3) is 0.0556. The Kier molecular flexibility index (Phi) is 5.17. The first kappa shape index (κ1) is 18.2. The van der Waals surface area contributed by atoms with Gasteiger partial charge in [-0.25, -0.2) is 17.7 Å². The molecular formula is C18H14FNO4S2. The van der Waals surface area contributed by atoms with E-state index >= 15 is 0 Å². The standard InChI is InChI=1S/C18H14FNO4S2/c1-11-4-2-3-5-14(11)20(26(23)24)15-10-16(25-17(15)18(21)22)12-6-8-13(19)9-7-12/h2-10H,1H3,(H,21,22)(H,23,24). The van der Waals surface area contributed by atoms with E-state index in [1.54, 1.807) is 31.2 Å². The summed E-state index contributed by atoms with van der Waals surface area (Å²) in [6.45, 7) is 1.77. The number of rotatable bonds is 5. The molecule has 0 aliphatic heterocycles. The van der Waals surface area contributed by atoms with Crippen molar-refractivity contribution in [3.05, 3.63) is 70.9 Å². The van der Waals surface area contributed by atoms with Crippen LogP contribution >= 0.6 is 11.3 Å². The Morgan fingerprint density at radius 2 is 1.77 bits per heavy atom. The SMILES string of the molecule is Cc1ccccc1N(c1cc(-c2ccc(F)cc2)sc1C(=O)O)S(=O)O. The molecule has 5 nitrogen and oxygen atoms in total. The Labute approximate surface area is 155 Å². The zero-order valence-corrected chi connectivity index (χ0v) is 15.2. The number of benzene rings is 2. The number of carbonyl (C=O) groups is 1. The van der Waals surface area contributed by atoms with Crippen molar-refractivity contribution in [3.8, 4) is 10.4 Å². The van der Waals surface area contributed by atoms with Crippen molar-refractivity contribution in [3.63, 3.8) is 0 Å². The Bertz CT molecular complexity index is 985. The van der Waals surface area contributed by atoms with Crippen molar-refractivity contribution in [2.24, 2.45) is 0 Å². The van der Waals surface area contributed by atoms with Gasteiger partial charge < -0.3 is 5.11 Å². The zero-order valence-electron chi connectivity index (χ0n) is 13.5. The van der Waals surface area contributed by atoms with Crippen LogP contribution in [0, 0.1) is 12.7 Å². The third-order valence-electron chi connectivity index (χ3n) is 3.74. The molecule has 2 aromatic carbocycles. The van der Waals surface area contributed by atoms with Crippen LogP contribution in [0.2, 0.25) is 0 Å². The van der Waals surface area contributed by atoms with Crippen molar-refractivity contribution < 1.29 is 23.1 Å². The van der Waals surface area contributed by atoms with E-state index in [-0.39, 0.29) is 10.6 Å². The largest absolute Gasteiger partial charge is 0.477 e. The maximum atomic E-state index is 13.1. The highest BCUT2D eigenvalue weighted by atomic mass is 32.2. The average molecular weight is 391 g/mol. The molecule has 0 saturated heterocycles. The number of carboxylic acid groups (broad SMARTS) is 1. The molecule has 0 fully saturated rings. The van der Waals surface area contributed by atoms with Crippen molar-refractivity contribution in [2.45, 2.75) is 6.92 Å². The molecule has 3 aromatic rings. The second kappa shape index (κ2) is 7.36. The van der Waals surface area contributed by atoms with Crippen LogP contribution < -0.4 is 4.31 Å². The highest BCUT2D eigenvalue weighted by molar-refractivity contribution is 7.81. The lowest BCUT2D eigenvalue weighted by Crippen LogP contribution is -2.21. The Morgan fingerprint density at radius 3 is 2.35 bits per heavy atom. The van der Waals surface area contributed by atoms with Gasteiger partial charge in [0.25, 0.3) is 11.3 Å². The normalized spacial score (nSPS) is 12.0. The summed E-state index contributed by atoms with van der Waals surface area (Å²) in [5.41, 5.74) is 1.88.